The van der Waals surface area contributed by atoms with Gasteiger partial charge in [0, 0.05) is 48.9 Å². The van der Waals surface area contributed by atoms with Gasteiger partial charge in [0.2, 0.25) is 5.60 Å². The number of amides is 1. The first kappa shape index (κ1) is 23.0. The molecule has 2 aromatic carbocycles. The number of carbonyl (C=O) groups is 2. The summed E-state index contributed by atoms with van der Waals surface area (Å²) in [6, 6.07) is 15.8. The maximum Gasteiger partial charge on any atom is 0.345 e. The van der Waals surface area contributed by atoms with Crippen molar-refractivity contribution < 1.29 is 19.4 Å². The Hall–Kier alpha value is -4.81. The third kappa shape index (κ3) is 4.33. The van der Waals surface area contributed by atoms with Gasteiger partial charge in [0.1, 0.15) is 17.1 Å². The van der Waals surface area contributed by atoms with Gasteiger partial charge in [-0.25, -0.2) is 19.7 Å². The SMILES string of the molecule is CN1CCC(O)(C#Cc2cccc(-c3ncc4c(C(=O)Oc5ccccc5)cnc(N)c4n3)c2)C1=O. The number of nitrogen functional groups attached to an aromatic ring is 1. The number of hydrogen-bond donors (Lipinski definition) is 2. The van der Waals surface area contributed by atoms with Crippen LogP contribution in [0.5, 0.6) is 5.75 Å². The minimum absolute atomic E-state index is 0.145. The number of esters is 1. The lowest BCUT2D eigenvalue weighted by atomic mass is 10.0. The monoisotopic (exact) mass is 479 g/mol. The molecule has 3 N–H and O–H groups in total. The second-order valence-electron chi connectivity index (χ2n) is 8.38. The Morgan fingerprint density at radius 2 is 1.94 bits per heavy atom. The molecule has 5 rings (SSSR count). The summed E-state index contributed by atoms with van der Waals surface area (Å²) in [6.45, 7) is 0.450. The number of nitrogens with two attached hydrogens (primary N) is 1. The van der Waals surface area contributed by atoms with Gasteiger partial charge in [-0.15, -0.1) is 0 Å². The van der Waals surface area contributed by atoms with E-state index in [9.17, 15) is 14.7 Å². The summed E-state index contributed by atoms with van der Waals surface area (Å²) in [7, 11) is 1.63. The van der Waals surface area contributed by atoms with Crippen LogP contribution < -0.4 is 10.5 Å². The fourth-order valence-electron chi connectivity index (χ4n) is 3.87. The van der Waals surface area contributed by atoms with Crippen molar-refractivity contribution in [3.05, 3.63) is 78.1 Å². The van der Waals surface area contributed by atoms with E-state index >= 15 is 0 Å². The number of nitrogens with zero attached hydrogens (tertiary/aromatic N) is 4. The van der Waals surface area contributed by atoms with Crippen LogP contribution in [0.15, 0.2) is 67.0 Å². The van der Waals surface area contributed by atoms with Crippen LogP contribution in [0.25, 0.3) is 22.3 Å². The average molecular weight is 479 g/mol. The van der Waals surface area contributed by atoms with Crippen LogP contribution in [0.3, 0.4) is 0 Å². The number of likely N-dealkylation sites (tertiary alicyclic amines) is 1. The van der Waals surface area contributed by atoms with Crippen molar-refractivity contribution in [1.29, 1.82) is 0 Å². The van der Waals surface area contributed by atoms with E-state index in [-0.39, 0.29) is 17.8 Å². The lowest BCUT2D eigenvalue weighted by Gasteiger charge is -2.13. The van der Waals surface area contributed by atoms with Crippen molar-refractivity contribution in [1.82, 2.24) is 19.9 Å². The molecule has 4 aromatic rings. The highest BCUT2D eigenvalue weighted by atomic mass is 16.5. The lowest BCUT2D eigenvalue weighted by molar-refractivity contribution is -0.137. The molecule has 1 aliphatic heterocycles. The van der Waals surface area contributed by atoms with Gasteiger partial charge in [-0.2, -0.15) is 0 Å². The number of anilines is 1. The van der Waals surface area contributed by atoms with E-state index in [0.29, 0.717) is 40.1 Å². The molecule has 36 heavy (non-hydrogen) atoms. The molecule has 0 saturated carbocycles. The molecular weight excluding hydrogens is 458 g/mol. The molecule has 178 valence electrons. The predicted molar refractivity (Wildman–Crippen MR) is 133 cm³/mol. The number of pyridine rings is 1. The number of likely N-dealkylation sites (N-methyl/N-ethyl adjacent to an activating group) is 1. The molecule has 1 amide bonds. The van der Waals surface area contributed by atoms with Gasteiger partial charge in [0.25, 0.3) is 5.91 Å². The van der Waals surface area contributed by atoms with Gasteiger partial charge in [0.05, 0.1) is 5.56 Å². The van der Waals surface area contributed by atoms with Crippen molar-refractivity contribution in [2.75, 3.05) is 19.3 Å². The molecule has 1 atom stereocenters. The molecule has 0 bridgehead atoms. The summed E-state index contributed by atoms with van der Waals surface area (Å²) >= 11 is 0. The zero-order valence-electron chi connectivity index (χ0n) is 19.3. The molecule has 0 aliphatic carbocycles. The summed E-state index contributed by atoms with van der Waals surface area (Å²) in [5.74, 6) is 5.48. The summed E-state index contributed by atoms with van der Waals surface area (Å²) in [5, 5.41) is 11.0. The Morgan fingerprint density at radius 3 is 2.69 bits per heavy atom. The van der Waals surface area contributed by atoms with E-state index < -0.39 is 17.5 Å². The highest BCUT2D eigenvalue weighted by Gasteiger charge is 2.42. The second kappa shape index (κ2) is 9.09. The number of fused-ring (bicyclic) bond motifs is 1. The van der Waals surface area contributed by atoms with E-state index in [1.54, 1.807) is 55.6 Å². The molecular formula is C27H21N5O4. The van der Waals surface area contributed by atoms with Crippen molar-refractivity contribution in [3.8, 4) is 29.0 Å². The van der Waals surface area contributed by atoms with Crippen LogP contribution in [0.1, 0.15) is 22.3 Å². The molecule has 1 fully saturated rings. The van der Waals surface area contributed by atoms with Crippen LogP contribution in [0, 0.1) is 11.8 Å². The van der Waals surface area contributed by atoms with Crippen LogP contribution >= 0.6 is 0 Å². The van der Waals surface area contributed by atoms with E-state index in [1.165, 1.54) is 17.3 Å². The Kier molecular flexibility index (Phi) is 5.80. The molecule has 9 nitrogen and oxygen atoms in total. The Labute approximate surface area is 206 Å². The fourth-order valence-corrected chi connectivity index (χ4v) is 3.87. The third-order valence-corrected chi connectivity index (χ3v) is 5.87. The van der Waals surface area contributed by atoms with Gasteiger partial charge in [-0.1, -0.05) is 42.2 Å². The van der Waals surface area contributed by atoms with Crippen LogP contribution in [0.2, 0.25) is 0 Å². The van der Waals surface area contributed by atoms with Gasteiger partial charge in [0.15, 0.2) is 5.82 Å². The Balaban J connectivity index is 1.47. The van der Waals surface area contributed by atoms with Crippen LogP contribution in [-0.4, -0.2) is 56.0 Å². The minimum Gasteiger partial charge on any atom is -0.423 e. The third-order valence-electron chi connectivity index (χ3n) is 5.87. The summed E-state index contributed by atoms with van der Waals surface area (Å²) in [6.07, 6.45) is 3.10. The first-order chi connectivity index (χ1) is 17.3. The zero-order valence-corrected chi connectivity index (χ0v) is 19.3. The number of para-hydroxylation sites is 1. The van der Waals surface area contributed by atoms with Gasteiger partial charge < -0.3 is 20.5 Å². The van der Waals surface area contributed by atoms with Gasteiger partial charge in [-0.05, 0) is 24.3 Å². The van der Waals surface area contributed by atoms with E-state index in [2.05, 4.69) is 26.8 Å². The summed E-state index contributed by atoms with van der Waals surface area (Å²) in [4.78, 5) is 39.5. The number of benzene rings is 2. The molecule has 0 spiro atoms. The van der Waals surface area contributed by atoms with E-state index in [1.807, 2.05) is 6.07 Å². The van der Waals surface area contributed by atoms with Gasteiger partial charge in [-0.3, -0.25) is 4.79 Å². The standard InChI is InChI=1S/C27H21N5O4/c1-32-13-12-27(35,26(32)34)11-10-17-6-5-7-18(14-17)24-30-15-20-21(16-29-23(28)22(20)31-24)25(33)36-19-8-3-2-4-9-19/h2-9,14-16,35H,12-13H2,1H3,(H2,28,29). The fraction of sp³-hybridized carbons (Fsp3) is 0.148. The first-order valence-corrected chi connectivity index (χ1v) is 11.1. The Morgan fingerprint density at radius 1 is 1.14 bits per heavy atom. The molecule has 0 radical (unpaired) electrons. The predicted octanol–water partition coefficient (Wildman–Crippen LogP) is 2.44. The quantitative estimate of drug-likeness (QED) is 0.260. The largest absolute Gasteiger partial charge is 0.423 e. The lowest BCUT2D eigenvalue weighted by Crippen LogP contribution is -2.37. The normalized spacial score (nSPS) is 17.1. The Bertz CT molecular complexity index is 1560. The molecule has 1 aliphatic rings. The van der Waals surface area contributed by atoms with E-state index in [4.69, 9.17) is 10.5 Å². The molecule has 9 heteroatoms. The molecule has 1 unspecified atom stereocenters. The molecule has 3 heterocycles. The summed E-state index contributed by atoms with van der Waals surface area (Å²) < 4.78 is 5.43. The molecule has 1 saturated heterocycles. The number of rotatable bonds is 3. The number of carbonyl (C=O) groups excluding carboxylic acids is 2. The van der Waals surface area contributed by atoms with Crippen LogP contribution in [-0.2, 0) is 4.79 Å². The van der Waals surface area contributed by atoms with E-state index in [0.717, 1.165) is 0 Å². The highest BCUT2D eigenvalue weighted by molar-refractivity contribution is 6.06. The topological polar surface area (TPSA) is 132 Å². The van der Waals surface area contributed by atoms with Crippen molar-refractivity contribution in [2.45, 2.75) is 12.0 Å². The van der Waals surface area contributed by atoms with Crippen molar-refractivity contribution in [2.24, 2.45) is 0 Å². The number of aromatic nitrogens is 3. The van der Waals surface area contributed by atoms with Crippen LogP contribution in [0.4, 0.5) is 5.82 Å². The smallest absolute Gasteiger partial charge is 0.345 e. The minimum atomic E-state index is -1.69. The zero-order chi connectivity index (χ0) is 25.3. The number of hydrogen-bond acceptors (Lipinski definition) is 8. The highest BCUT2D eigenvalue weighted by Crippen LogP contribution is 2.26. The first-order valence-electron chi connectivity index (χ1n) is 11.1. The number of aliphatic hydroxyl groups is 1. The maximum atomic E-state index is 12.8. The average Bonchev–Trinajstić information content (AvgIpc) is 3.16. The summed E-state index contributed by atoms with van der Waals surface area (Å²) in [5.41, 5.74) is 6.11. The molecule has 2 aromatic heterocycles. The number of ether oxygens (including phenoxy) is 1. The second-order valence-corrected chi connectivity index (χ2v) is 8.38. The maximum absolute atomic E-state index is 12.8. The van der Waals surface area contributed by atoms with Crippen molar-refractivity contribution >= 4 is 28.6 Å². The van der Waals surface area contributed by atoms with Crippen molar-refractivity contribution in [3.63, 3.8) is 0 Å². The van der Waals surface area contributed by atoms with Gasteiger partial charge >= 0.3 is 5.97 Å².